The molecule has 1 aliphatic heterocycles. The minimum atomic E-state index is 0.0337. The third-order valence-electron chi connectivity index (χ3n) is 7.36. The monoisotopic (exact) mass is 342 g/mol. The quantitative estimate of drug-likeness (QED) is 0.843. The van der Waals surface area contributed by atoms with E-state index in [4.69, 9.17) is 0 Å². The van der Waals surface area contributed by atoms with Crippen LogP contribution in [0.1, 0.15) is 38.5 Å². The molecule has 0 atom stereocenters. The smallest absolute Gasteiger partial charge is 0.228 e. The van der Waals surface area contributed by atoms with Crippen LogP contribution in [0.2, 0.25) is 0 Å². The van der Waals surface area contributed by atoms with Gasteiger partial charge in [0.1, 0.15) is 0 Å². The molecule has 0 radical (unpaired) electrons. The molecule has 5 fully saturated rings. The fourth-order valence-electron chi connectivity index (χ4n) is 6.56. The van der Waals surface area contributed by atoms with Crippen molar-refractivity contribution in [2.75, 3.05) is 32.7 Å². The molecule has 4 saturated carbocycles. The van der Waals surface area contributed by atoms with Gasteiger partial charge in [-0.25, -0.2) is 0 Å². The molecule has 5 heteroatoms. The summed E-state index contributed by atoms with van der Waals surface area (Å²) in [5.41, 5.74) is 0.0337. The number of hydrogen-bond donors (Lipinski definition) is 0. The van der Waals surface area contributed by atoms with Crippen LogP contribution >= 0.6 is 0 Å². The van der Waals surface area contributed by atoms with Gasteiger partial charge in [-0.3, -0.25) is 14.4 Å². The number of rotatable bonds is 4. The van der Waals surface area contributed by atoms with Gasteiger partial charge in [0, 0.05) is 45.1 Å². The average Bonchev–Trinajstić information content (AvgIpc) is 3.12. The number of hydrogen-bond acceptors (Lipinski definition) is 3. The molecule has 1 aromatic rings. The fraction of sp³-hybridized carbons (Fsp3) is 0.800. The lowest BCUT2D eigenvalue weighted by molar-refractivity contribution is -0.159. The minimum Gasteiger partial charge on any atom is -0.340 e. The second-order valence-electron chi connectivity index (χ2n) is 9.10. The van der Waals surface area contributed by atoms with Crippen molar-refractivity contribution < 1.29 is 4.79 Å². The summed E-state index contributed by atoms with van der Waals surface area (Å²) in [4.78, 5) is 18.1. The molecule has 1 amide bonds. The Bertz CT molecular complexity index is 582. The van der Waals surface area contributed by atoms with Crippen molar-refractivity contribution in [1.29, 1.82) is 0 Å². The number of amides is 1. The Morgan fingerprint density at radius 3 is 2.16 bits per heavy atom. The van der Waals surface area contributed by atoms with Crippen molar-refractivity contribution in [3.8, 4) is 0 Å². The fourth-order valence-corrected chi connectivity index (χ4v) is 6.56. The van der Waals surface area contributed by atoms with Gasteiger partial charge in [-0.15, -0.1) is 0 Å². The molecule has 0 unspecified atom stereocenters. The number of aromatic nitrogens is 2. The maximum absolute atomic E-state index is 13.4. The highest BCUT2D eigenvalue weighted by Gasteiger charge is 2.55. The topological polar surface area (TPSA) is 41.4 Å². The van der Waals surface area contributed by atoms with Crippen LogP contribution in [0.3, 0.4) is 0 Å². The molecule has 25 heavy (non-hydrogen) atoms. The summed E-state index contributed by atoms with van der Waals surface area (Å²) in [5.74, 6) is 3.07. The zero-order valence-corrected chi connectivity index (χ0v) is 15.1. The third-order valence-corrected chi connectivity index (χ3v) is 7.36. The van der Waals surface area contributed by atoms with E-state index in [1.165, 1.54) is 38.5 Å². The highest BCUT2D eigenvalue weighted by molar-refractivity contribution is 5.83. The van der Waals surface area contributed by atoms with Gasteiger partial charge in [-0.05, 0) is 62.3 Å². The first-order chi connectivity index (χ1) is 12.2. The van der Waals surface area contributed by atoms with E-state index in [2.05, 4.69) is 14.9 Å². The van der Waals surface area contributed by atoms with Crippen molar-refractivity contribution in [3.63, 3.8) is 0 Å². The molecule has 0 spiro atoms. The van der Waals surface area contributed by atoms with Crippen molar-refractivity contribution >= 4 is 5.91 Å². The van der Waals surface area contributed by atoms with Crippen LogP contribution in [0.5, 0.6) is 0 Å². The van der Waals surface area contributed by atoms with Gasteiger partial charge in [-0.2, -0.15) is 5.10 Å². The minimum absolute atomic E-state index is 0.0337. The van der Waals surface area contributed by atoms with Crippen LogP contribution in [0, 0.1) is 23.2 Å². The van der Waals surface area contributed by atoms with Crippen LogP contribution in [0.25, 0.3) is 0 Å². The Hall–Kier alpha value is -1.36. The van der Waals surface area contributed by atoms with Crippen LogP contribution in [-0.2, 0) is 11.3 Å². The van der Waals surface area contributed by atoms with Crippen LogP contribution < -0.4 is 0 Å². The largest absolute Gasteiger partial charge is 0.340 e. The van der Waals surface area contributed by atoms with Gasteiger partial charge in [0.15, 0.2) is 0 Å². The molecule has 0 aromatic carbocycles. The lowest BCUT2D eigenvalue weighted by atomic mass is 9.49. The predicted molar refractivity (Wildman–Crippen MR) is 95.9 cm³/mol. The summed E-state index contributed by atoms with van der Waals surface area (Å²) in [6, 6.07) is 1.97. The average molecular weight is 342 g/mol. The van der Waals surface area contributed by atoms with E-state index in [1.807, 2.05) is 23.1 Å². The molecule has 5 nitrogen and oxygen atoms in total. The van der Waals surface area contributed by atoms with Crippen molar-refractivity contribution in [2.45, 2.75) is 45.1 Å². The second kappa shape index (κ2) is 6.11. The molecule has 0 N–H and O–H groups in total. The first-order valence-electron chi connectivity index (χ1n) is 10.2. The maximum Gasteiger partial charge on any atom is 0.228 e. The number of nitrogens with zero attached hydrogens (tertiary/aromatic N) is 4. The molecule has 136 valence electrons. The Morgan fingerprint density at radius 1 is 0.960 bits per heavy atom. The van der Waals surface area contributed by atoms with Crippen LogP contribution in [0.4, 0.5) is 0 Å². The van der Waals surface area contributed by atoms with E-state index < -0.39 is 0 Å². The standard InChI is InChI=1S/C20H30N4O/c25-19(20-13-16-10-17(14-20)12-18(11-16)15-20)23-7-4-22(5-8-23)6-9-24-3-1-2-21-24/h1-3,16-18H,4-15H2. The number of carbonyl (C=O) groups excluding carboxylic acids is 1. The van der Waals surface area contributed by atoms with E-state index >= 15 is 0 Å². The van der Waals surface area contributed by atoms with Crippen molar-refractivity contribution in [1.82, 2.24) is 19.6 Å². The molecular weight excluding hydrogens is 312 g/mol. The van der Waals surface area contributed by atoms with E-state index in [0.717, 1.165) is 57.0 Å². The van der Waals surface area contributed by atoms with Crippen LogP contribution in [-0.4, -0.2) is 58.2 Å². The van der Waals surface area contributed by atoms with E-state index in [0.29, 0.717) is 5.91 Å². The highest BCUT2D eigenvalue weighted by atomic mass is 16.2. The van der Waals surface area contributed by atoms with E-state index in [9.17, 15) is 4.79 Å². The summed E-state index contributed by atoms with van der Waals surface area (Å²) in [6.07, 6.45) is 11.7. The molecule has 1 saturated heterocycles. The van der Waals surface area contributed by atoms with Crippen molar-refractivity contribution in [2.24, 2.45) is 23.2 Å². The van der Waals surface area contributed by atoms with Crippen molar-refractivity contribution in [3.05, 3.63) is 18.5 Å². The molecule has 1 aromatic heterocycles. The second-order valence-corrected chi connectivity index (χ2v) is 9.10. The molecular formula is C20H30N4O. The summed E-state index contributed by atoms with van der Waals surface area (Å²) >= 11 is 0. The third kappa shape index (κ3) is 2.90. The summed E-state index contributed by atoms with van der Waals surface area (Å²) < 4.78 is 1.99. The summed E-state index contributed by atoms with van der Waals surface area (Å²) in [6.45, 7) is 5.83. The zero-order valence-electron chi connectivity index (χ0n) is 15.1. The van der Waals surface area contributed by atoms with Gasteiger partial charge in [-0.1, -0.05) is 0 Å². The van der Waals surface area contributed by atoms with Gasteiger partial charge >= 0.3 is 0 Å². The van der Waals surface area contributed by atoms with Gasteiger partial charge < -0.3 is 4.90 Å². The SMILES string of the molecule is O=C(N1CCN(CCn2cccn2)CC1)C12CC3CC(CC(C3)C1)C2. The molecule has 4 bridgehead atoms. The molecule has 6 rings (SSSR count). The normalized spacial score (nSPS) is 37.6. The Balaban J connectivity index is 1.17. The predicted octanol–water partition coefficient (Wildman–Crippen LogP) is 2.24. The first-order valence-corrected chi connectivity index (χ1v) is 10.2. The Labute approximate surface area is 150 Å². The Morgan fingerprint density at radius 2 is 1.60 bits per heavy atom. The summed E-state index contributed by atoms with van der Waals surface area (Å²) in [7, 11) is 0. The number of carbonyl (C=O) groups is 1. The molecule has 4 aliphatic carbocycles. The highest BCUT2D eigenvalue weighted by Crippen LogP contribution is 2.60. The van der Waals surface area contributed by atoms with E-state index in [-0.39, 0.29) is 5.41 Å². The molecule has 2 heterocycles. The number of piperazine rings is 1. The summed E-state index contributed by atoms with van der Waals surface area (Å²) in [5, 5.41) is 4.28. The Kier molecular flexibility index (Phi) is 3.88. The van der Waals surface area contributed by atoms with Gasteiger partial charge in [0.2, 0.25) is 5.91 Å². The zero-order chi connectivity index (χ0) is 16.9. The van der Waals surface area contributed by atoms with E-state index in [1.54, 1.807) is 0 Å². The molecule has 5 aliphatic rings. The maximum atomic E-state index is 13.4. The van der Waals surface area contributed by atoms with Crippen LogP contribution in [0.15, 0.2) is 18.5 Å². The first kappa shape index (κ1) is 15.9. The van der Waals surface area contributed by atoms with Gasteiger partial charge in [0.25, 0.3) is 0 Å². The lowest BCUT2D eigenvalue weighted by Crippen LogP contribution is -2.58. The lowest BCUT2D eigenvalue weighted by Gasteiger charge is -2.57. The van der Waals surface area contributed by atoms with Gasteiger partial charge in [0.05, 0.1) is 12.0 Å².